The van der Waals surface area contributed by atoms with Crippen molar-refractivity contribution in [3.8, 4) is 6.01 Å². The number of aryl methyl sites for hydroxylation is 1. The van der Waals surface area contributed by atoms with E-state index in [1.165, 1.54) is 14.2 Å². The Morgan fingerprint density at radius 2 is 1.88 bits per heavy atom. The molecule has 0 unspecified atom stereocenters. The van der Waals surface area contributed by atoms with Gasteiger partial charge in [-0.1, -0.05) is 12.1 Å². The molecular weight excluding hydrogens is 334 g/mol. The third-order valence-electron chi connectivity index (χ3n) is 2.68. The van der Waals surface area contributed by atoms with Crippen molar-refractivity contribution in [2.75, 3.05) is 19.5 Å². The lowest BCUT2D eigenvalue weighted by Crippen LogP contribution is -2.24. The van der Waals surface area contributed by atoms with E-state index >= 15 is 0 Å². The van der Waals surface area contributed by atoms with Crippen molar-refractivity contribution in [3.63, 3.8) is 0 Å². The second-order valence-electron chi connectivity index (χ2n) is 4.34. The summed E-state index contributed by atoms with van der Waals surface area (Å²) in [7, 11) is 2.71. The zero-order valence-corrected chi connectivity index (χ0v) is 14.0. The molecule has 0 bridgehead atoms. The van der Waals surface area contributed by atoms with E-state index < -0.39 is 12.0 Å². The van der Waals surface area contributed by atoms with E-state index in [2.05, 4.69) is 25.0 Å². The van der Waals surface area contributed by atoms with E-state index in [1.807, 2.05) is 0 Å². The lowest BCUT2D eigenvalue weighted by atomic mass is 10.2. The molecule has 0 saturated heterocycles. The molecule has 0 radical (unpaired) electrons. The minimum absolute atomic E-state index is 0.0544. The number of urea groups is 1. The summed E-state index contributed by atoms with van der Waals surface area (Å²) >= 11 is 0.967. The number of amides is 2. The highest BCUT2D eigenvalue weighted by Crippen LogP contribution is 2.20. The Bertz CT molecular complexity index is 756. The summed E-state index contributed by atoms with van der Waals surface area (Å²) in [5, 5.41) is 2.46. The van der Waals surface area contributed by atoms with E-state index in [0.29, 0.717) is 16.3 Å². The van der Waals surface area contributed by atoms with Crippen LogP contribution >= 0.6 is 11.9 Å². The first-order valence-corrected chi connectivity index (χ1v) is 7.53. The molecule has 9 nitrogen and oxygen atoms in total. The molecule has 1 heterocycles. The van der Waals surface area contributed by atoms with Crippen LogP contribution in [0, 0.1) is 6.92 Å². The molecule has 2 amide bonds. The standard InChI is InChI=1S/C14H15N5O4S/c1-8-15-12(18-14(16-8)23-3)17-13(21)19-24-10-7-5-4-6-9(10)11(20)22-2/h4-7H,1-3H3,(H2,15,16,17,18,19,21). The number of esters is 1. The molecule has 2 rings (SSSR count). The largest absolute Gasteiger partial charge is 0.467 e. The van der Waals surface area contributed by atoms with Crippen LogP contribution in [-0.2, 0) is 4.74 Å². The summed E-state index contributed by atoms with van der Waals surface area (Å²) < 4.78 is 12.1. The molecule has 1 aromatic heterocycles. The zero-order chi connectivity index (χ0) is 17.5. The molecule has 0 saturated carbocycles. The summed E-state index contributed by atoms with van der Waals surface area (Å²) in [6.07, 6.45) is 0. The van der Waals surface area contributed by atoms with Gasteiger partial charge in [0.25, 0.3) is 0 Å². The van der Waals surface area contributed by atoms with Crippen molar-refractivity contribution in [1.29, 1.82) is 0 Å². The fraction of sp³-hybridized carbons (Fsp3) is 0.214. The van der Waals surface area contributed by atoms with Crippen LogP contribution in [0.4, 0.5) is 10.7 Å². The quantitative estimate of drug-likeness (QED) is 0.620. The van der Waals surface area contributed by atoms with Gasteiger partial charge in [-0.25, -0.2) is 9.59 Å². The Labute approximate surface area is 142 Å². The van der Waals surface area contributed by atoms with Gasteiger partial charge in [0.2, 0.25) is 5.95 Å². The van der Waals surface area contributed by atoms with E-state index in [1.54, 1.807) is 31.2 Å². The van der Waals surface area contributed by atoms with Crippen LogP contribution in [0.2, 0.25) is 0 Å². The number of nitrogens with zero attached hydrogens (tertiary/aromatic N) is 3. The number of ether oxygens (including phenoxy) is 2. The molecule has 2 N–H and O–H groups in total. The van der Waals surface area contributed by atoms with Crippen LogP contribution in [0.5, 0.6) is 6.01 Å². The smallest absolute Gasteiger partial charge is 0.339 e. The molecule has 24 heavy (non-hydrogen) atoms. The minimum Gasteiger partial charge on any atom is -0.467 e. The highest BCUT2D eigenvalue weighted by atomic mass is 32.2. The minimum atomic E-state index is -0.563. The number of aromatic nitrogens is 3. The molecule has 0 aliphatic carbocycles. The number of benzene rings is 1. The first-order valence-electron chi connectivity index (χ1n) is 6.71. The Kier molecular flexibility index (Phi) is 5.90. The van der Waals surface area contributed by atoms with Gasteiger partial charge < -0.3 is 9.47 Å². The Balaban J connectivity index is 2.02. The third-order valence-corrected chi connectivity index (χ3v) is 3.54. The maximum absolute atomic E-state index is 11.9. The Hall–Kier alpha value is -2.88. The number of hydrogen-bond donors (Lipinski definition) is 2. The number of methoxy groups -OCH3 is 2. The SMILES string of the molecule is COC(=O)c1ccccc1SNC(=O)Nc1nc(C)nc(OC)n1. The maximum Gasteiger partial charge on any atom is 0.339 e. The average Bonchev–Trinajstić information content (AvgIpc) is 2.59. The summed E-state index contributed by atoms with van der Waals surface area (Å²) in [5.74, 6) is -0.0299. The van der Waals surface area contributed by atoms with Gasteiger partial charge in [0.15, 0.2) is 0 Å². The first-order chi connectivity index (χ1) is 11.5. The van der Waals surface area contributed by atoms with Gasteiger partial charge in [-0.15, -0.1) is 0 Å². The van der Waals surface area contributed by atoms with Gasteiger partial charge in [0, 0.05) is 4.90 Å². The maximum atomic E-state index is 11.9. The van der Waals surface area contributed by atoms with Crippen molar-refractivity contribution in [2.45, 2.75) is 11.8 Å². The van der Waals surface area contributed by atoms with Crippen LogP contribution in [-0.4, -0.2) is 41.2 Å². The second kappa shape index (κ2) is 8.11. The first kappa shape index (κ1) is 17.5. The average molecular weight is 349 g/mol. The normalized spacial score (nSPS) is 9.96. The van der Waals surface area contributed by atoms with Crippen LogP contribution in [0.1, 0.15) is 16.2 Å². The van der Waals surface area contributed by atoms with Crippen LogP contribution in [0.3, 0.4) is 0 Å². The van der Waals surface area contributed by atoms with E-state index in [9.17, 15) is 9.59 Å². The van der Waals surface area contributed by atoms with E-state index in [4.69, 9.17) is 9.47 Å². The van der Waals surface area contributed by atoms with Crippen molar-refractivity contribution < 1.29 is 19.1 Å². The van der Waals surface area contributed by atoms with Gasteiger partial charge in [0.1, 0.15) is 5.82 Å². The van der Waals surface area contributed by atoms with Crippen molar-refractivity contribution >= 4 is 29.9 Å². The Morgan fingerprint density at radius 1 is 1.12 bits per heavy atom. The molecule has 2 aromatic rings. The van der Waals surface area contributed by atoms with Gasteiger partial charge >= 0.3 is 18.0 Å². The second-order valence-corrected chi connectivity index (χ2v) is 5.19. The van der Waals surface area contributed by atoms with Crippen LogP contribution < -0.4 is 14.8 Å². The topological polar surface area (TPSA) is 115 Å². The number of nitrogens with one attached hydrogen (secondary N) is 2. The van der Waals surface area contributed by atoms with Gasteiger partial charge in [-0.2, -0.15) is 15.0 Å². The molecular formula is C14H15N5O4S. The molecule has 0 fully saturated rings. The van der Waals surface area contributed by atoms with Crippen molar-refractivity contribution in [2.24, 2.45) is 0 Å². The fourth-order valence-corrected chi connectivity index (χ4v) is 2.33. The van der Waals surface area contributed by atoms with E-state index in [-0.39, 0.29) is 12.0 Å². The van der Waals surface area contributed by atoms with Crippen LogP contribution in [0.25, 0.3) is 0 Å². The predicted molar refractivity (Wildman–Crippen MR) is 86.9 cm³/mol. The van der Waals surface area contributed by atoms with Gasteiger partial charge in [-0.3, -0.25) is 10.0 Å². The summed E-state index contributed by atoms with van der Waals surface area (Å²) in [6.45, 7) is 1.65. The summed E-state index contributed by atoms with van der Waals surface area (Å²) in [5.41, 5.74) is 0.350. The Morgan fingerprint density at radius 3 is 2.58 bits per heavy atom. The fourth-order valence-electron chi connectivity index (χ4n) is 1.67. The number of carbonyl (C=O) groups is 2. The predicted octanol–water partition coefficient (Wildman–Crippen LogP) is 1.80. The third kappa shape index (κ3) is 4.56. The zero-order valence-electron chi connectivity index (χ0n) is 13.2. The highest BCUT2D eigenvalue weighted by molar-refractivity contribution is 7.98. The molecule has 10 heteroatoms. The molecule has 0 aliphatic rings. The summed E-state index contributed by atoms with van der Waals surface area (Å²) in [4.78, 5) is 36.0. The number of hydrogen-bond acceptors (Lipinski definition) is 8. The molecule has 1 aromatic carbocycles. The number of anilines is 1. The van der Waals surface area contributed by atoms with Gasteiger partial charge in [-0.05, 0) is 31.0 Å². The number of rotatable bonds is 5. The monoisotopic (exact) mass is 349 g/mol. The lowest BCUT2D eigenvalue weighted by molar-refractivity contribution is 0.0596. The molecule has 0 spiro atoms. The lowest BCUT2D eigenvalue weighted by Gasteiger charge is -2.09. The summed E-state index contributed by atoms with van der Waals surface area (Å²) in [6, 6.07) is 6.28. The van der Waals surface area contributed by atoms with Crippen LogP contribution in [0.15, 0.2) is 29.2 Å². The highest BCUT2D eigenvalue weighted by Gasteiger charge is 2.13. The van der Waals surface area contributed by atoms with E-state index in [0.717, 1.165) is 11.9 Å². The molecule has 0 aliphatic heterocycles. The number of carbonyl (C=O) groups excluding carboxylic acids is 2. The van der Waals surface area contributed by atoms with Crippen molar-refractivity contribution in [1.82, 2.24) is 19.7 Å². The molecule has 126 valence electrons. The van der Waals surface area contributed by atoms with Gasteiger partial charge in [0.05, 0.1) is 19.8 Å². The molecule has 0 atom stereocenters. The van der Waals surface area contributed by atoms with Crippen molar-refractivity contribution in [3.05, 3.63) is 35.7 Å².